The Balaban J connectivity index is 1.44. The van der Waals surface area contributed by atoms with Crippen LogP contribution in [0.5, 0.6) is 17.2 Å². The molecule has 0 aliphatic carbocycles. The number of carbonyl (C=O) groups is 2. The number of ether oxygens (including phenoxy) is 3. The van der Waals surface area contributed by atoms with Crippen molar-refractivity contribution in [2.75, 3.05) is 30.5 Å². The number of methoxy groups -OCH3 is 1. The van der Waals surface area contributed by atoms with Crippen LogP contribution in [0.4, 0.5) is 11.4 Å². The topological polar surface area (TPSA) is 77.1 Å². The zero-order chi connectivity index (χ0) is 25.5. The summed E-state index contributed by atoms with van der Waals surface area (Å²) >= 11 is 6.69. The second-order valence-electron chi connectivity index (χ2n) is 7.55. The molecule has 0 aromatic heterocycles. The Hall–Kier alpha value is -3.82. The summed E-state index contributed by atoms with van der Waals surface area (Å²) in [6, 6.07) is 21.4. The maximum absolute atomic E-state index is 13.2. The van der Waals surface area contributed by atoms with Crippen LogP contribution in [0.15, 0.2) is 77.7 Å². The summed E-state index contributed by atoms with van der Waals surface area (Å²) < 4.78 is 16.8. The highest BCUT2D eigenvalue weighted by Crippen LogP contribution is 2.37. The molecule has 0 spiro atoms. The van der Waals surface area contributed by atoms with Crippen molar-refractivity contribution in [2.45, 2.75) is 6.92 Å². The minimum absolute atomic E-state index is 0.190. The Morgan fingerprint density at radius 3 is 2.39 bits per heavy atom. The number of nitrogens with zero attached hydrogens (tertiary/aromatic N) is 1. The fraction of sp³-hybridized carbons (Fsp3) is 0.148. The molecule has 36 heavy (non-hydrogen) atoms. The Morgan fingerprint density at radius 1 is 1.00 bits per heavy atom. The number of amides is 2. The molecule has 1 N–H and O–H groups in total. The third kappa shape index (κ3) is 6.05. The van der Waals surface area contributed by atoms with Crippen molar-refractivity contribution in [1.29, 1.82) is 0 Å². The third-order valence-electron chi connectivity index (χ3n) is 5.14. The Labute approximate surface area is 219 Å². The fourth-order valence-electron chi connectivity index (χ4n) is 3.44. The summed E-state index contributed by atoms with van der Waals surface area (Å²) in [7, 11) is 1.58. The van der Waals surface area contributed by atoms with E-state index in [1.54, 1.807) is 73.8 Å². The van der Waals surface area contributed by atoms with E-state index in [0.717, 1.165) is 5.75 Å². The van der Waals surface area contributed by atoms with Crippen LogP contribution in [0.3, 0.4) is 0 Å². The molecule has 7 nitrogen and oxygen atoms in total. The molecule has 0 radical (unpaired) electrons. The molecule has 0 bridgehead atoms. The zero-order valence-corrected chi connectivity index (χ0v) is 21.4. The number of thioether (sulfide) groups is 1. The van der Waals surface area contributed by atoms with Gasteiger partial charge in [-0.25, -0.2) is 0 Å². The molecule has 9 heteroatoms. The SMILES string of the molecule is CCOc1ccc(N2C(=O)/C(=C/c3ccccc3OCC(=O)Nc3ccc(OC)cc3)SC2=S)cc1. The van der Waals surface area contributed by atoms with E-state index in [4.69, 9.17) is 26.4 Å². The first kappa shape index (κ1) is 25.3. The predicted octanol–water partition coefficient (Wildman–Crippen LogP) is 5.52. The molecule has 0 unspecified atom stereocenters. The molecule has 1 aliphatic rings. The number of benzene rings is 3. The summed E-state index contributed by atoms with van der Waals surface area (Å²) in [5.74, 6) is 1.38. The van der Waals surface area contributed by atoms with Gasteiger partial charge in [0.2, 0.25) is 0 Å². The standard InChI is InChI=1S/C27H24N2O5S2/c1-3-33-22-14-10-20(11-15-22)29-26(31)24(36-27(29)35)16-18-6-4-5-7-23(18)34-17-25(30)28-19-8-12-21(32-2)13-9-19/h4-16H,3,17H2,1-2H3,(H,28,30)/b24-16-. The average molecular weight is 521 g/mol. The van der Waals surface area contributed by atoms with E-state index in [9.17, 15) is 9.59 Å². The number of carbonyl (C=O) groups excluding carboxylic acids is 2. The van der Waals surface area contributed by atoms with Crippen LogP contribution in [0.1, 0.15) is 12.5 Å². The number of hydrogen-bond donors (Lipinski definition) is 1. The van der Waals surface area contributed by atoms with E-state index in [2.05, 4.69) is 5.32 Å². The van der Waals surface area contributed by atoms with Gasteiger partial charge in [0.15, 0.2) is 10.9 Å². The van der Waals surface area contributed by atoms with Gasteiger partial charge in [-0.05, 0) is 67.6 Å². The van der Waals surface area contributed by atoms with E-state index >= 15 is 0 Å². The largest absolute Gasteiger partial charge is 0.497 e. The van der Waals surface area contributed by atoms with Gasteiger partial charge < -0.3 is 19.5 Å². The van der Waals surface area contributed by atoms with Crippen molar-refractivity contribution in [3.8, 4) is 17.2 Å². The zero-order valence-electron chi connectivity index (χ0n) is 19.7. The number of nitrogens with one attached hydrogen (secondary N) is 1. The molecule has 0 saturated carbocycles. The highest BCUT2D eigenvalue weighted by molar-refractivity contribution is 8.27. The summed E-state index contributed by atoms with van der Waals surface area (Å²) in [6.45, 7) is 2.29. The predicted molar refractivity (Wildman–Crippen MR) is 147 cm³/mol. The van der Waals surface area contributed by atoms with E-state index in [1.807, 2.05) is 19.1 Å². The van der Waals surface area contributed by atoms with Crippen LogP contribution in [-0.4, -0.2) is 36.5 Å². The van der Waals surface area contributed by atoms with Crippen molar-refractivity contribution >= 4 is 57.6 Å². The highest BCUT2D eigenvalue weighted by Gasteiger charge is 2.33. The van der Waals surface area contributed by atoms with Gasteiger partial charge >= 0.3 is 0 Å². The maximum Gasteiger partial charge on any atom is 0.270 e. The molecule has 1 heterocycles. The molecular formula is C27H24N2O5S2. The first-order valence-corrected chi connectivity index (χ1v) is 12.4. The van der Waals surface area contributed by atoms with E-state index in [1.165, 1.54) is 16.7 Å². The lowest BCUT2D eigenvalue weighted by Gasteiger charge is -2.15. The first-order valence-electron chi connectivity index (χ1n) is 11.1. The van der Waals surface area contributed by atoms with Gasteiger partial charge in [-0.1, -0.05) is 42.2 Å². The van der Waals surface area contributed by atoms with Gasteiger partial charge in [-0.2, -0.15) is 0 Å². The van der Waals surface area contributed by atoms with Crippen LogP contribution in [0.25, 0.3) is 6.08 Å². The smallest absolute Gasteiger partial charge is 0.270 e. The van der Waals surface area contributed by atoms with Crippen molar-refractivity contribution in [2.24, 2.45) is 0 Å². The number of thiocarbonyl (C=S) groups is 1. The Bertz CT molecular complexity index is 1290. The lowest BCUT2D eigenvalue weighted by atomic mass is 10.2. The van der Waals surface area contributed by atoms with Gasteiger partial charge in [-0.15, -0.1) is 0 Å². The molecule has 3 aromatic rings. The Kier molecular flexibility index (Phi) is 8.24. The highest BCUT2D eigenvalue weighted by atomic mass is 32.2. The molecule has 3 aromatic carbocycles. The number of anilines is 2. The lowest BCUT2D eigenvalue weighted by Crippen LogP contribution is -2.27. The molecule has 1 saturated heterocycles. The molecule has 2 amide bonds. The van der Waals surface area contributed by atoms with Gasteiger partial charge in [0, 0.05) is 11.3 Å². The molecular weight excluding hydrogens is 496 g/mol. The van der Waals surface area contributed by atoms with E-state index in [-0.39, 0.29) is 18.4 Å². The van der Waals surface area contributed by atoms with Crippen molar-refractivity contribution < 1.29 is 23.8 Å². The molecule has 1 fully saturated rings. The number of hydrogen-bond acceptors (Lipinski definition) is 7. The van der Waals surface area contributed by atoms with Crippen LogP contribution < -0.4 is 24.4 Å². The van der Waals surface area contributed by atoms with Crippen LogP contribution in [0, 0.1) is 0 Å². The second-order valence-corrected chi connectivity index (χ2v) is 9.22. The van der Waals surface area contributed by atoms with E-state index in [0.29, 0.717) is 44.3 Å². The molecule has 1 aliphatic heterocycles. The molecule has 4 rings (SSSR count). The van der Waals surface area contributed by atoms with Crippen molar-refractivity contribution in [1.82, 2.24) is 0 Å². The first-order chi connectivity index (χ1) is 17.5. The monoisotopic (exact) mass is 520 g/mol. The summed E-state index contributed by atoms with van der Waals surface area (Å²) in [4.78, 5) is 27.5. The van der Waals surface area contributed by atoms with Crippen LogP contribution in [-0.2, 0) is 9.59 Å². The number of rotatable bonds is 9. The summed E-state index contributed by atoms with van der Waals surface area (Å²) in [5.41, 5.74) is 1.97. The third-order valence-corrected chi connectivity index (χ3v) is 6.44. The van der Waals surface area contributed by atoms with Gasteiger partial charge in [0.25, 0.3) is 11.8 Å². The van der Waals surface area contributed by atoms with Crippen LogP contribution >= 0.6 is 24.0 Å². The summed E-state index contributed by atoms with van der Waals surface area (Å²) in [5, 5.41) is 2.78. The maximum atomic E-state index is 13.2. The lowest BCUT2D eigenvalue weighted by molar-refractivity contribution is -0.118. The minimum atomic E-state index is -0.309. The summed E-state index contributed by atoms with van der Waals surface area (Å²) in [6.07, 6.45) is 1.73. The van der Waals surface area contributed by atoms with Gasteiger partial charge in [-0.3, -0.25) is 14.5 Å². The molecule has 184 valence electrons. The van der Waals surface area contributed by atoms with Gasteiger partial charge in [0.1, 0.15) is 17.2 Å². The van der Waals surface area contributed by atoms with E-state index < -0.39 is 0 Å². The normalized spacial score (nSPS) is 14.2. The average Bonchev–Trinajstić information content (AvgIpc) is 3.17. The van der Waals surface area contributed by atoms with Crippen molar-refractivity contribution in [3.05, 3.63) is 83.3 Å². The van der Waals surface area contributed by atoms with Crippen LogP contribution in [0.2, 0.25) is 0 Å². The molecule has 0 atom stereocenters. The Morgan fingerprint density at radius 2 is 1.69 bits per heavy atom. The van der Waals surface area contributed by atoms with Gasteiger partial charge in [0.05, 0.1) is 24.3 Å². The number of para-hydroxylation sites is 1. The fourth-order valence-corrected chi connectivity index (χ4v) is 4.73. The minimum Gasteiger partial charge on any atom is -0.497 e. The quantitative estimate of drug-likeness (QED) is 0.294. The van der Waals surface area contributed by atoms with Crippen molar-refractivity contribution in [3.63, 3.8) is 0 Å². The second kappa shape index (κ2) is 11.7.